The summed E-state index contributed by atoms with van der Waals surface area (Å²) >= 11 is 0. The summed E-state index contributed by atoms with van der Waals surface area (Å²) in [5, 5.41) is 0. The van der Waals surface area contributed by atoms with E-state index in [0.717, 1.165) is 68.3 Å². The van der Waals surface area contributed by atoms with Gasteiger partial charge in [0.05, 0.1) is 5.56 Å². The first-order valence-electron chi connectivity index (χ1n) is 11.4. The van der Waals surface area contributed by atoms with Gasteiger partial charge in [-0.3, -0.25) is 4.90 Å². The lowest BCUT2D eigenvalue weighted by atomic mass is 10.0. The topological polar surface area (TPSA) is 61.5 Å². The minimum atomic E-state index is -0.296. The van der Waals surface area contributed by atoms with Gasteiger partial charge in [0.25, 0.3) is 0 Å². The van der Waals surface area contributed by atoms with Gasteiger partial charge < -0.3 is 15.5 Å². The van der Waals surface area contributed by atoms with Gasteiger partial charge in [-0.25, -0.2) is 18.7 Å². The van der Waals surface area contributed by atoms with Crippen LogP contribution >= 0.6 is 0 Å². The quantitative estimate of drug-likeness (QED) is 0.620. The zero-order valence-electron chi connectivity index (χ0n) is 18.5. The molecule has 2 saturated heterocycles. The fourth-order valence-corrected chi connectivity index (χ4v) is 4.72. The van der Waals surface area contributed by atoms with Crippen LogP contribution in [0.25, 0.3) is 11.1 Å². The summed E-state index contributed by atoms with van der Waals surface area (Å²) in [6.45, 7) is 6.28. The van der Waals surface area contributed by atoms with Gasteiger partial charge in [0.1, 0.15) is 29.6 Å². The number of halogens is 2. The number of nitrogens with two attached hydrogens (primary N) is 1. The third-order valence-electron chi connectivity index (χ3n) is 6.66. The number of benzene rings is 2. The Bertz CT molecular complexity index is 1090. The second kappa shape index (κ2) is 9.41. The Labute approximate surface area is 192 Å². The first-order chi connectivity index (χ1) is 16.1. The van der Waals surface area contributed by atoms with E-state index in [9.17, 15) is 8.78 Å². The molecule has 1 atom stereocenters. The van der Waals surface area contributed by atoms with E-state index in [1.54, 1.807) is 24.3 Å². The van der Waals surface area contributed by atoms with Crippen LogP contribution in [-0.4, -0.2) is 65.6 Å². The average molecular weight is 451 g/mol. The molecule has 0 aliphatic carbocycles. The molecule has 3 heterocycles. The monoisotopic (exact) mass is 450 g/mol. The SMILES string of the molecule is Nc1ncnc(N2CCN([C@@H](CN3CCC3)c3cccc(F)c3)CC2)c1-c1ccc(F)cc1. The molecule has 0 bridgehead atoms. The minimum Gasteiger partial charge on any atom is -0.383 e. The van der Waals surface area contributed by atoms with E-state index < -0.39 is 0 Å². The Hall–Kier alpha value is -3.10. The van der Waals surface area contributed by atoms with Crippen molar-refractivity contribution < 1.29 is 8.78 Å². The van der Waals surface area contributed by atoms with Crippen molar-refractivity contribution in [3.05, 3.63) is 72.1 Å². The summed E-state index contributed by atoms with van der Waals surface area (Å²) in [6.07, 6.45) is 2.70. The van der Waals surface area contributed by atoms with E-state index in [4.69, 9.17) is 5.73 Å². The zero-order chi connectivity index (χ0) is 22.8. The standard InChI is InChI=1S/C25H28F2N6/c26-20-7-5-18(6-8-20)23-24(28)29-17-30-25(23)33-13-11-32(12-14-33)22(16-31-9-2-10-31)19-3-1-4-21(27)15-19/h1,3-8,15,17,22H,2,9-14,16H2,(H2,28,29,30)/t22-/m0/s1. The Kier molecular flexibility index (Phi) is 6.20. The number of nitrogens with zero attached hydrogens (tertiary/aromatic N) is 5. The summed E-state index contributed by atoms with van der Waals surface area (Å²) in [7, 11) is 0. The van der Waals surface area contributed by atoms with Gasteiger partial charge in [0, 0.05) is 38.8 Å². The number of hydrogen-bond donors (Lipinski definition) is 1. The maximum atomic E-state index is 14.0. The number of aromatic nitrogens is 2. The smallest absolute Gasteiger partial charge is 0.142 e. The highest BCUT2D eigenvalue weighted by molar-refractivity contribution is 5.84. The number of piperazine rings is 1. The normalized spacial score (nSPS) is 18.2. The predicted octanol–water partition coefficient (Wildman–Crippen LogP) is 3.57. The molecule has 3 aromatic rings. The van der Waals surface area contributed by atoms with E-state index in [0.29, 0.717) is 5.82 Å². The fourth-order valence-electron chi connectivity index (χ4n) is 4.72. The predicted molar refractivity (Wildman–Crippen MR) is 126 cm³/mol. The van der Waals surface area contributed by atoms with Gasteiger partial charge in [-0.05, 0) is 54.9 Å². The Morgan fingerprint density at radius 3 is 2.30 bits per heavy atom. The number of nitrogen functional groups attached to an aromatic ring is 1. The van der Waals surface area contributed by atoms with Crippen LogP contribution in [0.1, 0.15) is 18.0 Å². The highest BCUT2D eigenvalue weighted by Gasteiger charge is 2.30. The average Bonchev–Trinajstić information content (AvgIpc) is 2.79. The molecule has 1 aromatic heterocycles. The molecule has 172 valence electrons. The molecule has 0 unspecified atom stereocenters. The molecule has 2 aliphatic rings. The Morgan fingerprint density at radius 1 is 0.879 bits per heavy atom. The third-order valence-corrected chi connectivity index (χ3v) is 6.66. The van der Waals surface area contributed by atoms with Crippen LogP contribution in [0.3, 0.4) is 0 Å². The first-order valence-corrected chi connectivity index (χ1v) is 11.4. The Balaban J connectivity index is 1.36. The maximum absolute atomic E-state index is 14.0. The van der Waals surface area contributed by atoms with Gasteiger partial charge >= 0.3 is 0 Å². The van der Waals surface area contributed by atoms with Crippen LogP contribution in [0.5, 0.6) is 0 Å². The highest BCUT2D eigenvalue weighted by atomic mass is 19.1. The molecule has 0 spiro atoms. The first kappa shape index (κ1) is 21.7. The second-order valence-electron chi connectivity index (χ2n) is 8.71. The molecule has 8 heteroatoms. The summed E-state index contributed by atoms with van der Waals surface area (Å²) in [4.78, 5) is 15.8. The third kappa shape index (κ3) is 4.67. The van der Waals surface area contributed by atoms with E-state index in [1.807, 2.05) is 6.07 Å². The number of hydrogen-bond acceptors (Lipinski definition) is 6. The van der Waals surface area contributed by atoms with Crippen LogP contribution in [0.15, 0.2) is 54.9 Å². The van der Waals surface area contributed by atoms with E-state index in [2.05, 4.69) is 24.7 Å². The van der Waals surface area contributed by atoms with Gasteiger partial charge in [-0.15, -0.1) is 0 Å². The lowest BCUT2D eigenvalue weighted by molar-refractivity contribution is 0.0964. The van der Waals surface area contributed by atoms with Crippen LogP contribution in [0.2, 0.25) is 0 Å². The van der Waals surface area contributed by atoms with Crippen molar-refractivity contribution in [2.24, 2.45) is 0 Å². The summed E-state index contributed by atoms with van der Waals surface area (Å²) < 4.78 is 27.4. The highest BCUT2D eigenvalue weighted by Crippen LogP contribution is 2.34. The molecule has 5 rings (SSSR count). The molecule has 2 aliphatic heterocycles. The van der Waals surface area contributed by atoms with Crippen molar-refractivity contribution >= 4 is 11.6 Å². The Morgan fingerprint density at radius 2 is 1.64 bits per heavy atom. The minimum absolute atomic E-state index is 0.148. The van der Waals surface area contributed by atoms with Crippen LogP contribution < -0.4 is 10.6 Å². The molecule has 2 fully saturated rings. The number of likely N-dealkylation sites (tertiary alicyclic amines) is 1. The van der Waals surface area contributed by atoms with Gasteiger partial charge in [-0.1, -0.05) is 24.3 Å². The molecule has 0 saturated carbocycles. The molecule has 2 N–H and O–H groups in total. The van der Waals surface area contributed by atoms with E-state index in [-0.39, 0.29) is 17.7 Å². The molecule has 6 nitrogen and oxygen atoms in total. The van der Waals surface area contributed by atoms with Gasteiger partial charge in [-0.2, -0.15) is 0 Å². The van der Waals surface area contributed by atoms with Crippen molar-refractivity contribution in [2.45, 2.75) is 12.5 Å². The largest absolute Gasteiger partial charge is 0.383 e. The summed E-state index contributed by atoms with van der Waals surface area (Å²) in [6, 6.07) is 13.4. The summed E-state index contributed by atoms with van der Waals surface area (Å²) in [5.41, 5.74) is 8.76. The van der Waals surface area contributed by atoms with Crippen molar-refractivity contribution in [1.29, 1.82) is 0 Å². The van der Waals surface area contributed by atoms with Crippen LogP contribution in [0, 0.1) is 11.6 Å². The number of anilines is 2. The van der Waals surface area contributed by atoms with E-state index >= 15 is 0 Å². The lowest BCUT2D eigenvalue weighted by Crippen LogP contribution is -2.51. The van der Waals surface area contributed by atoms with Crippen molar-refractivity contribution in [3.63, 3.8) is 0 Å². The van der Waals surface area contributed by atoms with Gasteiger partial charge in [0.15, 0.2) is 0 Å². The fraction of sp³-hybridized carbons (Fsp3) is 0.360. The molecule has 33 heavy (non-hydrogen) atoms. The van der Waals surface area contributed by atoms with Crippen molar-refractivity contribution in [2.75, 3.05) is 56.4 Å². The molecular formula is C25H28F2N6. The zero-order valence-corrected chi connectivity index (χ0v) is 18.5. The summed E-state index contributed by atoms with van der Waals surface area (Å²) in [5.74, 6) is 0.651. The van der Waals surface area contributed by atoms with Crippen LogP contribution in [0.4, 0.5) is 20.4 Å². The molecule has 0 radical (unpaired) electrons. The van der Waals surface area contributed by atoms with E-state index in [1.165, 1.54) is 30.9 Å². The lowest BCUT2D eigenvalue weighted by Gasteiger charge is -2.43. The molecule has 0 amide bonds. The van der Waals surface area contributed by atoms with Crippen molar-refractivity contribution in [3.8, 4) is 11.1 Å². The number of rotatable bonds is 6. The maximum Gasteiger partial charge on any atom is 0.142 e. The van der Waals surface area contributed by atoms with Crippen LogP contribution in [-0.2, 0) is 0 Å². The van der Waals surface area contributed by atoms with Crippen molar-refractivity contribution in [1.82, 2.24) is 19.8 Å². The second-order valence-corrected chi connectivity index (χ2v) is 8.71. The van der Waals surface area contributed by atoms with Gasteiger partial charge in [0.2, 0.25) is 0 Å². The molecular weight excluding hydrogens is 422 g/mol. The molecule has 2 aromatic carbocycles.